The van der Waals surface area contributed by atoms with Crippen LogP contribution in [0.15, 0.2) is 24.0 Å². The molecular formula is C26H39F2N7O. The highest BCUT2D eigenvalue weighted by Gasteiger charge is 2.42. The van der Waals surface area contributed by atoms with E-state index in [0.29, 0.717) is 61.7 Å². The summed E-state index contributed by atoms with van der Waals surface area (Å²) in [6.07, 6.45) is 4.83. The lowest BCUT2D eigenvalue weighted by Gasteiger charge is -2.48. The zero-order chi connectivity index (χ0) is 26.1. The van der Waals surface area contributed by atoms with E-state index >= 15 is 8.78 Å². The maximum absolute atomic E-state index is 15.3. The Hall–Kier alpha value is -2.88. The molecule has 5 N–H and O–H groups in total. The molecule has 8 nitrogen and oxygen atoms in total. The summed E-state index contributed by atoms with van der Waals surface area (Å²) in [7, 11) is 1.69. The first-order valence-corrected chi connectivity index (χ1v) is 12.7. The molecule has 0 atom stereocenters. The number of carbonyl (C=O) groups excluding carboxylic acids is 1. The number of piperazine rings is 1. The van der Waals surface area contributed by atoms with Gasteiger partial charge in [0, 0.05) is 50.9 Å². The summed E-state index contributed by atoms with van der Waals surface area (Å²) in [4.78, 5) is 18.4. The first-order valence-electron chi connectivity index (χ1n) is 12.7. The lowest BCUT2D eigenvalue weighted by molar-refractivity contribution is -0.123. The Bertz CT molecular complexity index is 1020. The molecule has 0 saturated carbocycles. The lowest BCUT2D eigenvalue weighted by atomic mass is 9.82. The summed E-state index contributed by atoms with van der Waals surface area (Å²) in [5.74, 6) is -0.433. The van der Waals surface area contributed by atoms with E-state index in [9.17, 15) is 4.79 Å². The maximum Gasteiger partial charge on any atom is 0.240 e. The number of likely N-dealkylation sites (tertiary alicyclic amines) is 2. The fourth-order valence-corrected chi connectivity index (χ4v) is 5.41. The summed E-state index contributed by atoms with van der Waals surface area (Å²) in [6.45, 7) is 8.11. The van der Waals surface area contributed by atoms with Crippen molar-refractivity contribution in [3.05, 3.63) is 41.2 Å². The molecule has 0 bridgehead atoms. The number of carbonyl (C=O) groups is 1. The fraction of sp³-hybridized carbons (Fsp3) is 0.615. The molecule has 1 aromatic carbocycles. The highest BCUT2D eigenvalue weighted by Crippen LogP contribution is 2.33. The highest BCUT2D eigenvalue weighted by molar-refractivity contribution is 5.91. The number of hydrogen-bond donors (Lipinski definition) is 4. The minimum atomic E-state index is -0.549. The minimum Gasteiger partial charge on any atom is -0.385 e. The fourth-order valence-electron chi connectivity index (χ4n) is 5.41. The van der Waals surface area contributed by atoms with Gasteiger partial charge in [0.05, 0.1) is 23.6 Å². The average Bonchev–Trinajstić information content (AvgIpc) is 2.82. The van der Waals surface area contributed by atoms with Crippen LogP contribution in [0.25, 0.3) is 0 Å². The summed E-state index contributed by atoms with van der Waals surface area (Å²) in [6, 6.07) is 2.55. The van der Waals surface area contributed by atoms with Gasteiger partial charge in [-0.2, -0.15) is 0 Å². The second-order valence-electron chi connectivity index (χ2n) is 11.2. The molecule has 3 fully saturated rings. The molecule has 3 aliphatic rings. The zero-order valence-corrected chi connectivity index (χ0v) is 21.6. The molecule has 0 unspecified atom stereocenters. The number of nitrogens with one attached hydrogen (secondary N) is 3. The molecule has 1 aromatic rings. The summed E-state index contributed by atoms with van der Waals surface area (Å²) < 4.78 is 30.4. The Morgan fingerprint density at radius 2 is 1.81 bits per heavy atom. The predicted molar refractivity (Wildman–Crippen MR) is 138 cm³/mol. The quantitative estimate of drug-likeness (QED) is 0.364. The van der Waals surface area contributed by atoms with Gasteiger partial charge in [-0.3, -0.25) is 15.1 Å². The number of hydrogen-bond acceptors (Lipinski definition) is 6. The number of halogens is 2. The van der Waals surface area contributed by atoms with Crippen LogP contribution >= 0.6 is 0 Å². The maximum atomic E-state index is 15.3. The molecule has 1 spiro atoms. The molecule has 3 heterocycles. The number of rotatable bonds is 5. The predicted octanol–water partition coefficient (Wildman–Crippen LogP) is 2.35. The van der Waals surface area contributed by atoms with Crippen molar-refractivity contribution in [3.63, 3.8) is 0 Å². The Labute approximate surface area is 212 Å². The van der Waals surface area contributed by atoms with E-state index in [-0.39, 0.29) is 18.1 Å². The molecule has 1 amide bonds. The van der Waals surface area contributed by atoms with Crippen LogP contribution in [0.2, 0.25) is 0 Å². The zero-order valence-electron chi connectivity index (χ0n) is 21.6. The number of nitrogens with two attached hydrogens (primary N) is 1. The molecule has 3 aliphatic heterocycles. The van der Waals surface area contributed by atoms with Gasteiger partial charge in [0.25, 0.3) is 0 Å². The SMILES string of the molecule is CN/C(N)=C/C(=N)N1CCC2(CC1)CN(c1cc(F)c(CN3CCC(C)(C)CC3)cc1F)CC(=O)N2. The summed E-state index contributed by atoms with van der Waals surface area (Å²) in [5, 5.41) is 14.1. The Morgan fingerprint density at radius 3 is 2.44 bits per heavy atom. The van der Waals surface area contributed by atoms with E-state index < -0.39 is 17.2 Å². The van der Waals surface area contributed by atoms with Gasteiger partial charge < -0.3 is 26.2 Å². The van der Waals surface area contributed by atoms with Gasteiger partial charge in [-0.1, -0.05) is 13.8 Å². The third kappa shape index (κ3) is 5.91. The number of piperidine rings is 2. The molecule has 3 saturated heterocycles. The summed E-state index contributed by atoms with van der Waals surface area (Å²) >= 11 is 0. The monoisotopic (exact) mass is 503 g/mol. The molecule has 4 rings (SSSR count). The number of nitrogens with zero attached hydrogens (tertiary/aromatic N) is 3. The Balaban J connectivity index is 1.44. The van der Waals surface area contributed by atoms with E-state index in [1.165, 1.54) is 12.1 Å². The van der Waals surface area contributed by atoms with Gasteiger partial charge in [-0.05, 0) is 50.3 Å². The third-order valence-electron chi connectivity index (χ3n) is 7.93. The van der Waals surface area contributed by atoms with Crippen molar-refractivity contribution in [2.75, 3.05) is 51.2 Å². The Kier molecular flexibility index (Phi) is 7.45. The molecule has 0 radical (unpaired) electrons. The number of benzene rings is 1. The van der Waals surface area contributed by atoms with Crippen LogP contribution < -0.4 is 21.3 Å². The van der Waals surface area contributed by atoms with Crippen molar-refractivity contribution in [3.8, 4) is 0 Å². The van der Waals surface area contributed by atoms with Crippen molar-refractivity contribution in [2.24, 2.45) is 11.1 Å². The van der Waals surface area contributed by atoms with Crippen molar-refractivity contribution < 1.29 is 13.6 Å². The molecule has 198 valence electrons. The topological polar surface area (TPSA) is 101 Å². The molecule has 0 aliphatic carbocycles. The van der Waals surface area contributed by atoms with Crippen LogP contribution in [0.5, 0.6) is 0 Å². The van der Waals surface area contributed by atoms with Crippen molar-refractivity contribution >= 4 is 17.4 Å². The average molecular weight is 504 g/mol. The normalized spacial score (nSPS) is 22.5. The van der Waals surface area contributed by atoms with Gasteiger partial charge in [0.1, 0.15) is 17.5 Å². The van der Waals surface area contributed by atoms with Crippen molar-refractivity contribution in [1.29, 1.82) is 5.41 Å². The second-order valence-corrected chi connectivity index (χ2v) is 11.2. The molecular weight excluding hydrogens is 464 g/mol. The van der Waals surface area contributed by atoms with E-state index in [2.05, 4.69) is 29.4 Å². The molecule has 10 heteroatoms. The highest BCUT2D eigenvalue weighted by atomic mass is 19.1. The third-order valence-corrected chi connectivity index (χ3v) is 7.93. The van der Waals surface area contributed by atoms with E-state index in [4.69, 9.17) is 11.1 Å². The van der Waals surface area contributed by atoms with Crippen LogP contribution in [0.1, 0.15) is 45.1 Å². The van der Waals surface area contributed by atoms with Gasteiger partial charge in [-0.15, -0.1) is 0 Å². The van der Waals surface area contributed by atoms with Crippen molar-refractivity contribution in [1.82, 2.24) is 20.4 Å². The largest absolute Gasteiger partial charge is 0.385 e. The van der Waals surface area contributed by atoms with Crippen LogP contribution in [0.4, 0.5) is 14.5 Å². The van der Waals surface area contributed by atoms with E-state index in [1.54, 1.807) is 18.0 Å². The van der Waals surface area contributed by atoms with E-state index in [0.717, 1.165) is 25.9 Å². The summed E-state index contributed by atoms with van der Waals surface area (Å²) in [5.41, 5.74) is 6.00. The lowest BCUT2D eigenvalue weighted by Crippen LogP contribution is -2.66. The number of amides is 1. The van der Waals surface area contributed by atoms with Crippen LogP contribution in [0, 0.1) is 22.5 Å². The smallest absolute Gasteiger partial charge is 0.240 e. The van der Waals surface area contributed by atoms with Crippen LogP contribution in [-0.2, 0) is 11.3 Å². The molecule has 36 heavy (non-hydrogen) atoms. The second kappa shape index (κ2) is 10.2. The van der Waals surface area contributed by atoms with Gasteiger partial charge in [0.2, 0.25) is 5.91 Å². The number of anilines is 1. The first-order chi connectivity index (χ1) is 17.0. The van der Waals surface area contributed by atoms with Crippen LogP contribution in [0.3, 0.4) is 0 Å². The van der Waals surface area contributed by atoms with Crippen molar-refractivity contribution in [2.45, 2.75) is 51.6 Å². The molecule has 0 aromatic heterocycles. The van der Waals surface area contributed by atoms with Crippen LogP contribution in [-0.4, -0.2) is 73.4 Å². The minimum absolute atomic E-state index is 0.0142. The van der Waals surface area contributed by atoms with Gasteiger partial charge in [0.15, 0.2) is 0 Å². The standard InChI is InChI=1S/C26H39F2N7O/c1-25(2)4-8-33(9-5-25)15-18-12-20(28)21(13-19(18)27)35-16-24(36)32-26(17-35)6-10-34(11-7-26)23(30)14-22(29)31-3/h12-14,30-31H,4-11,15-17,29H2,1-3H3,(H,32,36)/b22-14+,30-23?. The number of amidine groups is 1. The first kappa shape index (κ1) is 26.2. The van der Waals surface area contributed by atoms with Gasteiger partial charge in [-0.25, -0.2) is 8.78 Å². The van der Waals surface area contributed by atoms with Gasteiger partial charge >= 0.3 is 0 Å². The Morgan fingerprint density at radius 1 is 1.14 bits per heavy atom. The van der Waals surface area contributed by atoms with E-state index in [1.807, 2.05) is 4.90 Å².